The highest BCUT2D eigenvalue weighted by Crippen LogP contribution is 2.33. The normalized spacial score (nSPS) is 18.3. The molecule has 1 fully saturated rings. The Hall–Kier alpha value is -1.99. The summed E-state index contributed by atoms with van der Waals surface area (Å²) in [6.45, 7) is -0.463. The number of carboxylic acids is 1. The van der Waals surface area contributed by atoms with Crippen LogP contribution in [0.4, 0.5) is 0 Å². The van der Waals surface area contributed by atoms with Gasteiger partial charge in [-0.3, -0.25) is 14.7 Å². The number of carboxylic acid groups (broad SMARTS) is 1. The molecule has 1 aliphatic rings. The molecule has 0 spiro atoms. The summed E-state index contributed by atoms with van der Waals surface area (Å²) in [4.78, 5) is 28.6. The maximum atomic E-state index is 12.0. The van der Waals surface area contributed by atoms with Crippen molar-refractivity contribution in [2.75, 3.05) is 20.7 Å². The van der Waals surface area contributed by atoms with Crippen LogP contribution >= 0.6 is 23.4 Å². The van der Waals surface area contributed by atoms with E-state index in [9.17, 15) is 9.59 Å². The van der Waals surface area contributed by atoms with Gasteiger partial charge in [0.25, 0.3) is 5.91 Å². The molecule has 2 rings (SSSR count). The van der Waals surface area contributed by atoms with Crippen molar-refractivity contribution < 1.29 is 19.4 Å². The number of ether oxygens (including phenoxy) is 1. The lowest BCUT2D eigenvalue weighted by Gasteiger charge is -2.06. The van der Waals surface area contributed by atoms with Crippen molar-refractivity contribution >= 4 is 46.5 Å². The highest BCUT2D eigenvalue weighted by Gasteiger charge is 2.29. The third kappa shape index (κ3) is 3.61. The molecule has 0 saturated carbocycles. The summed E-state index contributed by atoms with van der Waals surface area (Å²) >= 11 is 7.33. The molecular formula is C14H13ClN2O4S. The van der Waals surface area contributed by atoms with Crippen molar-refractivity contribution in [2.45, 2.75) is 0 Å². The average Bonchev–Trinajstić information content (AvgIpc) is 2.74. The van der Waals surface area contributed by atoms with Gasteiger partial charge in [0.15, 0.2) is 11.8 Å². The maximum Gasteiger partial charge on any atom is 0.341 e. The van der Waals surface area contributed by atoms with Gasteiger partial charge in [-0.15, -0.1) is 0 Å². The summed E-state index contributed by atoms with van der Waals surface area (Å²) in [5.41, 5.74) is 0.717. The number of likely N-dealkylation sites (N-methyl/N-ethyl adjacent to an activating group) is 1. The van der Waals surface area contributed by atoms with Crippen LogP contribution in [0.15, 0.2) is 28.1 Å². The largest absolute Gasteiger partial charge is 0.480 e. The first kappa shape index (κ1) is 16.4. The fourth-order valence-corrected chi connectivity index (χ4v) is 2.93. The van der Waals surface area contributed by atoms with E-state index in [0.29, 0.717) is 15.6 Å². The Morgan fingerprint density at radius 1 is 1.55 bits per heavy atom. The van der Waals surface area contributed by atoms with Crippen molar-refractivity contribution in [2.24, 2.45) is 4.99 Å². The zero-order chi connectivity index (χ0) is 16.3. The number of thioether (sulfide) groups is 1. The first-order valence-electron chi connectivity index (χ1n) is 6.21. The van der Waals surface area contributed by atoms with E-state index in [1.54, 1.807) is 38.4 Å². The minimum absolute atomic E-state index is 0.132. The highest BCUT2D eigenvalue weighted by molar-refractivity contribution is 8.18. The second kappa shape index (κ2) is 6.85. The standard InChI is InChI=1S/C14H13ClN2O4S/c1-16-14-17(2)13(20)11(22-14)6-8-3-4-10(9(15)5-8)21-7-12(18)19/h3-6H,7H2,1-2H3,(H,18,19)/b11-6+,16-14?. The minimum Gasteiger partial charge on any atom is -0.480 e. The van der Waals surface area contributed by atoms with Gasteiger partial charge in [0, 0.05) is 14.1 Å². The molecule has 1 N–H and O–H groups in total. The van der Waals surface area contributed by atoms with Gasteiger partial charge in [0.2, 0.25) is 0 Å². The third-order valence-electron chi connectivity index (χ3n) is 2.80. The molecule has 0 bridgehead atoms. The van der Waals surface area contributed by atoms with E-state index in [0.717, 1.165) is 0 Å². The number of aliphatic imine (C=N–C) groups is 1. The number of hydrogen-bond donors (Lipinski definition) is 1. The number of rotatable bonds is 4. The van der Waals surface area contributed by atoms with Gasteiger partial charge in [-0.05, 0) is 35.5 Å². The summed E-state index contributed by atoms with van der Waals surface area (Å²) in [5.74, 6) is -0.929. The molecule has 8 heteroatoms. The molecule has 1 amide bonds. The van der Waals surface area contributed by atoms with E-state index in [1.807, 2.05) is 0 Å². The summed E-state index contributed by atoms with van der Waals surface area (Å²) in [5, 5.41) is 9.49. The van der Waals surface area contributed by atoms with Crippen LogP contribution in [0.2, 0.25) is 5.02 Å². The maximum absolute atomic E-state index is 12.0. The molecule has 0 aliphatic carbocycles. The van der Waals surface area contributed by atoms with Crippen LogP contribution in [0.5, 0.6) is 5.75 Å². The van der Waals surface area contributed by atoms with Crippen LogP contribution < -0.4 is 4.74 Å². The van der Waals surface area contributed by atoms with Crippen molar-refractivity contribution in [3.63, 3.8) is 0 Å². The molecule has 1 heterocycles. The Kier molecular flexibility index (Phi) is 5.10. The van der Waals surface area contributed by atoms with Gasteiger partial charge in [-0.2, -0.15) is 0 Å². The van der Waals surface area contributed by atoms with Crippen LogP contribution in [0.25, 0.3) is 6.08 Å². The summed E-state index contributed by atoms with van der Waals surface area (Å²) in [6, 6.07) is 4.88. The molecule has 0 unspecified atom stereocenters. The van der Waals surface area contributed by atoms with Crippen molar-refractivity contribution in [1.29, 1.82) is 0 Å². The Labute approximate surface area is 136 Å². The topological polar surface area (TPSA) is 79.2 Å². The Balaban J connectivity index is 2.21. The lowest BCUT2D eigenvalue weighted by atomic mass is 10.2. The van der Waals surface area contributed by atoms with E-state index in [-0.39, 0.29) is 16.7 Å². The second-order valence-corrected chi connectivity index (χ2v) is 5.77. The van der Waals surface area contributed by atoms with E-state index in [2.05, 4.69) is 4.99 Å². The Bertz CT molecular complexity index is 687. The lowest BCUT2D eigenvalue weighted by molar-refractivity contribution is -0.139. The smallest absolute Gasteiger partial charge is 0.341 e. The van der Waals surface area contributed by atoms with Crippen LogP contribution in [0.1, 0.15) is 5.56 Å². The van der Waals surface area contributed by atoms with E-state index in [4.69, 9.17) is 21.4 Å². The Morgan fingerprint density at radius 2 is 2.27 bits per heavy atom. The molecule has 1 saturated heterocycles. The zero-order valence-electron chi connectivity index (χ0n) is 11.9. The molecule has 22 heavy (non-hydrogen) atoms. The molecular weight excluding hydrogens is 328 g/mol. The fraction of sp³-hybridized carbons (Fsp3) is 0.214. The number of amidine groups is 1. The van der Waals surface area contributed by atoms with Crippen molar-refractivity contribution in [3.05, 3.63) is 33.7 Å². The molecule has 0 aromatic heterocycles. The number of halogens is 1. The molecule has 0 atom stereocenters. The summed E-state index contributed by atoms with van der Waals surface area (Å²) in [6.07, 6.45) is 1.70. The van der Waals surface area contributed by atoms with E-state index < -0.39 is 12.6 Å². The number of nitrogens with zero attached hydrogens (tertiary/aromatic N) is 2. The minimum atomic E-state index is -1.08. The molecule has 0 radical (unpaired) electrons. The SMILES string of the molecule is CN=C1S/C(=C/c2ccc(OCC(=O)O)c(Cl)c2)C(=O)N1C. The lowest BCUT2D eigenvalue weighted by Crippen LogP contribution is -2.23. The predicted molar refractivity (Wildman–Crippen MR) is 86.3 cm³/mol. The molecule has 6 nitrogen and oxygen atoms in total. The van der Waals surface area contributed by atoms with Crippen molar-refractivity contribution in [1.82, 2.24) is 4.90 Å². The first-order chi connectivity index (χ1) is 10.4. The Morgan fingerprint density at radius 3 is 2.82 bits per heavy atom. The number of carbonyl (C=O) groups excluding carboxylic acids is 1. The summed E-state index contributed by atoms with van der Waals surface area (Å²) < 4.78 is 5.04. The van der Waals surface area contributed by atoms with Gasteiger partial charge in [-0.25, -0.2) is 4.79 Å². The van der Waals surface area contributed by atoms with Crippen LogP contribution in [-0.2, 0) is 9.59 Å². The van der Waals surface area contributed by atoms with Gasteiger partial charge in [0.1, 0.15) is 5.75 Å². The second-order valence-electron chi connectivity index (χ2n) is 4.35. The highest BCUT2D eigenvalue weighted by atomic mass is 35.5. The number of aliphatic carboxylic acids is 1. The van der Waals surface area contributed by atoms with Gasteiger partial charge >= 0.3 is 5.97 Å². The molecule has 1 aromatic rings. The molecule has 1 aromatic carbocycles. The number of amides is 1. The molecule has 1 aliphatic heterocycles. The molecule has 116 valence electrons. The quantitative estimate of drug-likeness (QED) is 0.851. The van der Waals surface area contributed by atoms with Crippen LogP contribution in [-0.4, -0.2) is 47.8 Å². The number of hydrogen-bond acceptors (Lipinski definition) is 5. The first-order valence-corrected chi connectivity index (χ1v) is 7.40. The zero-order valence-corrected chi connectivity index (χ0v) is 13.4. The van der Waals surface area contributed by atoms with Gasteiger partial charge in [-0.1, -0.05) is 17.7 Å². The summed E-state index contributed by atoms with van der Waals surface area (Å²) in [7, 11) is 3.29. The number of carbonyl (C=O) groups is 2. The van der Waals surface area contributed by atoms with Crippen molar-refractivity contribution in [3.8, 4) is 5.75 Å². The van der Waals surface area contributed by atoms with Crippen LogP contribution in [0, 0.1) is 0 Å². The van der Waals surface area contributed by atoms with Gasteiger partial charge < -0.3 is 9.84 Å². The monoisotopic (exact) mass is 340 g/mol. The van der Waals surface area contributed by atoms with Gasteiger partial charge in [0.05, 0.1) is 9.93 Å². The average molecular weight is 341 g/mol. The fourth-order valence-electron chi connectivity index (χ4n) is 1.76. The third-order valence-corrected chi connectivity index (χ3v) is 4.25. The van der Waals surface area contributed by atoms with Crippen LogP contribution in [0.3, 0.4) is 0 Å². The van der Waals surface area contributed by atoms with E-state index in [1.165, 1.54) is 16.7 Å². The number of benzene rings is 1. The predicted octanol–water partition coefficient (Wildman–Crippen LogP) is 2.34. The van der Waals surface area contributed by atoms with E-state index >= 15 is 0 Å².